The van der Waals surface area contributed by atoms with Crippen LogP contribution >= 0.6 is 0 Å². The zero-order chi connectivity index (χ0) is 21.1. The number of carbonyl (C=O) groups is 1. The van der Waals surface area contributed by atoms with E-state index in [4.69, 9.17) is 0 Å². The zero-order valence-corrected chi connectivity index (χ0v) is 16.9. The van der Waals surface area contributed by atoms with Crippen molar-refractivity contribution < 1.29 is 18.0 Å². The number of nitrogens with zero attached hydrogens (tertiary/aromatic N) is 5. The molecular formula is C20H27F3N6O. The third kappa shape index (κ3) is 4.69. The maximum atomic E-state index is 13.1. The van der Waals surface area contributed by atoms with Gasteiger partial charge >= 0.3 is 6.18 Å². The first-order chi connectivity index (χ1) is 14.4. The van der Waals surface area contributed by atoms with Gasteiger partial charge < -0.3 is 15.1 Å². The molecule has 1 atom stereocenters. The van der Waals surface area contributed by atoms with Crippen molar-refractivity contribution in [3.63, 3.8) is 0 Å². The number of hydrogen-bond acceptors (Lipinski definition) is 5. The van der Waals surface area contributed by atoms with Crippen LogP contribution in [-0.2, 0) is 11.0 Å². The SMILES string of the molecule is O=C(NCCN1CCCCC1)[C@@H]1CCCN(c2nnc3ccc(C(F)(F)F)cn23)C1. The molecule has 2 aromatic heterocycles. The van der Waals surface area contributed by atoms with E-state index < -0.39 is 11.7 Å². The Balaban J connectivity index is 1.39. The second-order valence-electron chi connectivity index (χ2n) is 8.12. The third-order valence-electron chi connectivity index (χ3n) is 5.96. The maximum Gasteiger partial charge on any atom is 0.417 e. The van der Waals surface area contributed by atoms with E-state index in [-0.39, 0.29) is 11.8 Å². The van der Waals surface area contributed by atoms with E-state index in [2.05, 4.69) is 20.4 Å². The van der Waals surface area contributed by atoms with Gasteiger partial charge in [0, 0.05) is 32.4 Å². The molecule has 2 saturated heterocycles. The molecule has 1 N–H and O–H groups in total. The minimum Gasteiger partial charge on any atom is -0.355 e. The highest BCUT2D eigenvalue weighted by Crippen LogP contribution is 2.30. The minimum atomic E-state index is -4.44. The standard InChI is InChI=1S/C20H27F3N6O/c21-20(22,23)16-6-7-17-25-26-19(29(17)14-16)28-11-4-5-15(13-28)18(30)24-8-12-27-9-2-1-3-10-27/h6-7,14-15H,1-5,8-13H2,(H,24,30)/t15-/m1/s1. The highest BCUT2D eigenvalue weighted by atomic mass is 19.4. The van der Waals surface area contributed by atoms with Gasteiger partial charge in [-0.3, -0.25) is 9.20 Å². The summed E-state index contributed by atoms with van der Waals surface area (Å²) < 4.78 is 40.6. The molecule has 0 unspecified atom stereocenters. The molecule has 0 bridgehead atoms. The van der Waals surface area contributed by atoms with Gasteiger partial charge in [-0.2, -0.15) is 13.2 Å². The molecule has 164 valence electrons. The molecule has 10 heteroatoms. The lowest BCUT2D eigenvalue weighted by molar-refractivity contribution is -0.137. The first-order valence-corrected chi connectivity index (χ1v) is 10.6. The summed E-state index contributed by atoms with van der Waals surface area (Å²) in [6, 6.07) is 2.32. The molecule has 1 amide bonds. The first kappa shape index (κ1) is 20.9. The summed E-state index contributed by atoms with van der Waals surface area (Å²) in [5.74, 6) is 0.140. The number of pyridine rings is 1. The van der Waals surface area contributed by atoms with E-state index in [1.165, 1.54) is 29.7 Å². The molecule has 0 aliphatic carbocycles. The number of nitrogens with one attached hydrogen (secondary N) is 1. The molecule has 2 fully saturated rings. The van der Waals surface area contributed by atoms with Gasteiger partial charge in [-0.15, -0.1) is 10.2 Å². The third-order valence-corrected chi connectivity index (χ3v) is 5.96. The Kier molecular flexibility index (Phi) is 6.12. The van der Waals surface area contributed by atoms with Crippen LogP contribution in [0.5, 0.6) is 0 Å². The molecule has 2 aromatic rings. The van der Waals surface area contributed by atoms with Crippen LogP contribution in [0.1, 0.15) is 37.7 Å². The summed E-state index contributed by atoms with van der Waals surface area (Å²) in [7, 11) is 0. The number of likely N-dealkylation sites (tertiary alicyclic amines) is 1. The molecule has 7 nitrogen and oxygen atoms in total. The second-order valence-corrected chi connectivity index (χ2v) is 8.12. The van der Waals surface area contributed by atoms with Crippen LogP contribution < -0.4 is 10.2 Å². The van der Waals surface area contributed by atoms with Gasteiger partial charge in [-0.05, 0) is 50.9 Å². The fourth-order valence-electron chi connectivity index (χ4n) is 4.30. The van der Waals surface area contributed by atoms with E-state index in [9.17, 15) is 18.0 Å². The number of halogens is 3. The van der Waals surface area contributed by atoms with Crippen LogP contribution in [-0.4, -0.2) is 64.7 Å². The van der Waals surface area contributed by atoms with E-state index in [0.29, 0.717) is 31.2 Å². The monoisotopic (exact) mass is 424 g/mol. The molecule has 4 heterocycles. The van der Waals surface area contributed by atoms with Crippen molar-refractivity contribution in [3.05, 3.63) is 23.9 Å². The Morgan fingerprint density at radius 2 is 1.90 bits per heavy atom. The number of piperidine rings is 2. The molecular weight excluding hydrogens is 397 g/mol. The van der Waals surface area contributed by atoms with Gasteiger partial charge in [0.15, 0.2) is 5.65 Å². The topological polar surface area (TPSA) is 65.8 Å². The number of hydrogen-bond donors (Lipinski definition) is 1. The molecule has 2 aliphatic rings. The summed E-state index contributed by atoms with van der Waals surface area (Å²) in [5, 5.41) is 11.1. The van der Waals surface area contributed by atoms with E-state index in [1.54, 1.807) is 0 Å². The average Bonchev–Trinajstić information content (AvgIpc) is 3.17. The Morgan fingerprint density at radius 1 is 1.10 bits per heavy atom. The number of anilines is 1. The number of fused-ring (bicyclic) bond motifs is 1. The molecule has 4 rings (SSSR count). The molecule has 0 saturated carbocycles. The lowest BCUT2D eigenvalue weighted by Crippen LogP contribution is -2.45. The predicted octanol–water partition coefficient (Wildman–Crippen LogP) is 2.57. The van der Waals surface area contributed by atoms with Crippen molar-refractivity contribution in [3.8, 4) is 0 Å². The Morgan fingerprint density at radius 3 is 2.67 bits per heavy atom. The fraction of sp³-hybridized carbons (Fsp3) is 0.650. The lowest BCUT2D eigenvalue weighted by atomic mass is 9.97. The number of alkyl halides is 3. The number of rotatable bonds is 5. The van der Waals surface area contributed by atoms with Crippen molar-refractivity contribution in [2.24, 2.45) is 5.92 Å². The zero-order valence-electron chi connectivity index (χ0n) is 16.9. The second kappa shape index (κ2) is 8.79. The fourth-order valence-corrected chi connectivity index (χ4v) is 4.30. The predicted molar refractivity (Wildman–Crippen MR) is 106 cm³/mol. The van der Waals surface area contributed by atoms with Crippen molar-refractivity contribution >= 4 is 17.5 Å². The van der Waals surface area contributed by atoms with Gasteiger partial charge in [0.1, 0.15) is 0 Å². The van der Waals surface area contributed by atoms with Gasteiger partial charge in [0.25, 0.3) is 0 Å². The van der Waals surface area contributed by atoms with Crippen LogP contribution in [0.25, 0.3) is 5.65 Å². The van der Waals surface area contributed by atoms with Crippen molar-refractivity contribution in [2.45, 2.75) is 38.3 Å². The van der Waals surface area contributed by atoms with Crippen molar-refractivity contribution in [1.29, 1.82) is 0 Å². The highest BCUT2D eigenvalue weighted by molar-refractivity contribution is 5.79. The molecule has 0 aromatic carbocycles. The highest BCUT2D eigenvalue weighted by Gasteiger charge is 2.32. The van der Waals surface area contributed by atoms with Gasteiger partial charge in [-0.1, -0.05) is 6.42 Å². The van der Waals surface area contributed by atoms with Crippen LogP contribution in [0, 0.1) is 5.92 Å². The number of carbonyl (C=O) groups excluding carboxylic acids is 1. The normalized spacial score (nSPS) is 21.2. The number of amides is 1. The minimum absolute atomic E-state index is 0.00140. The Labute approximate surface area is 173 Å². The molecule has 2 aliphatic heterocycles. The smallest absolute Gasteiger partial charge is 0.355 e. The van der Waals surface area contributed by atoms with Gasteiger partial charge in [-0.25, -0.2) is 0 Å². The van der Waals surface area contributed by atoms with Crippen LogP contribution in [0.3, 0.4) is 0 Å². The lowest BCUT2D eigenvalue weighted by Gasteiger charge is -2.32. The van der Waals surface area contributed by atoms with Crippen molar-refractivity contribution in [1.82, 2.24) is 24.8 Å². The summed E-state index contributed by atoms with van der Waals surface area (Å²) in [4.78, 5) is 16.9. The molecule has 0 spiro atoms. The van der Waals surface area contributed by atoms with Gasteiger partial charge in [0.2, 0.25) is 11.9 Å². The summed E-state index contributed by atoms with van der Waals surface area (Å²) in [6.45, 7) is 4.72. The van der Waals surface area contributed by atoms with E-state index in [0.717, 1.165) is 44.7 Å². The maximum absolute atomic E-state index is 13.1. The molecule has 0 radical (unpaired) electrons. The van der Waals surface area contributed by atoms with Crippen molar-refractivity contribution in [2.75, 3.05) is 44.2 Å². The summed E-state index contributed by atoms with van der Waals surface area (Å²) >= 11 is 0. The largest absolute Gasteiger partial charge is 0.417 e. The number of aromatic nitrogens is 3. The van der Waals surface area contributed by atoms with Crippen LogP contribution in [0.2, 0.25) is 0 Å². The van der Waals surface area contributed by atoms with Crippen LogP contribution in [0.15, 0.2) is 18.3 Å². The summed E-state index contributed by atoms with van der Waals surface area (Å²) in [5.41, 5.74) is -0.397. The van der Waals surface area contributed by atoms with E-state index >= 15 is 0 Å². The quantitative estimate of drug-likeness (QED) is 0.799. The van der Waals surface area contributed by atoms with Gasteiger partial charge in [0.05, 0.1) is 11.5 Å². The first-order valence-electron chi connectivity index (χ1n) is 10.6. The molecule has 30 heavy (non-hydrogen) atoms. The average molecular weight is 424 g/mol. The van der Waals surface area contributed by atoms with Crippen LogP contribution in [0.4, 0.5) is 19.1 Å². The summed E-state index contributed by atoms with van der Waals surface area (Å²) in [6.07, 6.45) is 1.83. The Hall–Kier alpha value is -2.36. The Bertz CT molecular complexity index is 877. The van der Waals surface area contributed by atoms with E-state index in [1.807, 2.05) is 4.90 Å².